The predicted octanol–water partition coefficient (Wildman–Crippen LogP) is 3.73. The molecule has 0 heterocycles. The van der Waals surface area contributed by atoms with Crippen molar-refractivity contribution in [3.63, 3.8) is 0 Å². The predicted molar refractivity (Wildman–Crippen MR) is 71.7 cm³/mol. The summed E-state index contributed by atoms with van der Waals surface area (Å²) < 4.78 is 0. The Morgan fingerprint density at radius 3 is 2.00 bits per heavy atom. The van der Waals surface area contributed by atoms with E-state index in [0.29, 0.717) is 17.9 Å². The van der Waals surface area contributed by atoms with Crippen molar-refractivity contribution in [1.82, 2.24) is 0 Å². The fourth-order valence-corrected chi connectivity index (χ4v) is 2.16. The molecule has 1 heteroatoms. The minimum atomic E-state index is 0.310. The molecule has 0 spiro atoms. The Hall–Kier alpha value is -0.820. The summed E-state index contributed by atoms with van der Waals surface area (Å²) in [5.74, 6) is 1.29. The van der Waals surface area contributed by atoms with Gasteiger partial charge in [-0.25, -0.2) is 0 Å². The zero-order valence-electron chi connectivity index (χ0n) is 11.0. The van der Waals surface area contributed by atoms with Crippen molar-refractivity contribution >= 4 is 0 Å². The molecule has 0 saturated heterocycles. The summed E-state index contributed by atoms with van der Waals surface area (Å²) in [5.41, 5.74) is 8.66. The highest BCUT2D eigenvalue weighted by atomic mass is 14.6. The summed E-state index contributed by atoms with van der Waals surface area (Å²) in [5, 5.41) is 0. The maximum absolute atomic E-state index is 5.81. The van der Waals surface area contributed by atoms with Crippen molar-refractivity contribution in [2.24, 2.45) is 11.7 Å². The highest BCUT2D eigenvalue weighted by Gasteiger charge is 2.06. The first kappa shape index (κ1) is 13.2. The van der Waals surface area contributed by atoms with E-state index in [1.54, 1.807) is 0 Å². The summed E-state index contributed by atoms with van der Waals surface area (Å²) in [7, 11) is 0. The SMILES string of the molecule is CC(N)CC(C)Cc1ccc(C(C)C)cc1. The quantitative estimate of drug-likeness (QED) is 0.802. The van der Waals surface area contributed by atoms with Gasteiger partial charge in [0.05, 0.1) is 0 Å². The molecule has 0 aliphatic rings. The molecule has 1 nitrogen and oxygen atoms in total. The van der Waals surface area contributed by atoms with Crippen molar-refractivity contribution < 1.29 is 0 Å². The van der Waals surface area contributed by atoms with Gasteiger partial charge >= 0.3 is 0 Å². The van der Waals surface area contributed by atoms with E-state index in [9.17, 15) is 0 Å². The van der Waals surface area contributed by atoms with Crippen LogP contribution in [0.4, 0.5) is 0 Å². The van der Waals surface area contributed by atoms with E-state index in [1.165, 1.54) is 11.1 Å². The summed E-state index contributed by atoms with van der Waals surface area (Å²) in [6.45, 7) is 8.82. The van der Waals surface area contributed by atoms with E-state index in [-0.39, 0.29) is 0 Å². The van der Waals surface area contributed by atoms with Crippen LogP contribution in [0.2, 0.25) is 0 Å². The molecule has 16 heavy (non-hydrogen) atoms. The van der Waals surface area contributed by atoms with Crippen molar-refractivity contribution in [2.75, 3.05) is 0 Å². The van der Waals surface area contributed by atoms with Gasteiger partial charge < -0.3 is 5.73 Å². The lowest BCUT2D eigenvalue weighted by molar-refractivity contribution is 0.480. The zero-order valence-corrected chi connectivity index (χ0v) is 11.0. The molecule has 1 rings (SSSR count). The normalized spacial score (nSPS) is 15.1. The number of nitrogens with two attached hydrogens (primary N) is 1. The van der Waals surface area contributed by atoms with Gasteiger partial charge in [-0.1, -0.05) is 45.0 Å². The maximum atomic E-state index is 5.81. The molecule has 1 aromatic rings. The first-order chi connectivity index (χ1) is 7.49. The third-order valence-electron chi connectivity index (χ3n) is 3.00. The van der Waals surface area contributed by atoms with Crippen molar-refractivity contribution in [1.29, 1.82) is 0 Å². The largest absolute Gasteiger partial charge is 0.328 e. The lowest BCUT2D eigenvalue weighted by Crippen LogP contribution is -2.19. The molecule has 0 bridgehead atoms. The van der Waals surface area contributed by atoms with Crippen molar-refractivity contribution in [2.45, 2.75) is 52.5 Å². The minimum Gasteiger partial charge on any atom is -0.328 e. The molecular weight excluding hydrogens is 194 g/mol. The lowest BCUT2D eigenvalue weighted by Gasteiger charge is -2.14. The van der Waals surface area contributed by atoms with Crippen molar-refractivity contribution in [3.8, 4) is 0 Å². The van der Waals surface area contributed by atoms with Crippen LogP contribution >= 0.6 is 0 Å². The number of benzene rings is 1. The van der Waals surface area contributed by atoms with Crippen LogP contribution in [0, 0.1) is 5.92 Å². The number of rotatable bonds is 5. The second-order valence-electron chi connectivity index (χ2n) is 5.42. The van der Waals surface area contributed by atoms with Gasteiger partial charge in [-0.3, -0.25) is 0 Å². The molecule has 1 aromatic carbocycles. The Balaban J connectivity index is 2.55. The lowest BCUT2D eigenvalue weighted by atomic mass is 9.93. The first-order valence-electron chi connectivity index (χ1n) is 6.33. The Bertz CT molecular complexity index is 298. The Kier molecular flexibility index (Phi) is 5.01. The fourth-order valence-electron chi connectivity index (χ4n) is 2.16. The second kappa shape index (κ2) is 6.05. The van der Waals surface area contributed by atoms with E-state index in [0.717, 1.165) is 12.8 Å². The van der Waals surface area contributed by atoms with Gasteiger partial charge in [-0.05, 0) is 42.7 Å². The van der Waals surface area contributed by atoms with Crippen LogP contribution in [-0.4, -0.2) is 6.04 Å². The summed E-state index contributed by atoms with van der Waals surface area (Å²) >= 11 is 0. The van der Waals surface area contributed by atoms with E-state index >= 15 is 0 Å². The number of hydrogen-bond acceptors (Lipinski definition) is 1. The van der Waals surface area contributed by atoms with Gasteiger partial charge in [-0.2, -0.15) is 0 Å². The van der Waals surface area contributed by atoms with Gasteiger partial charge in [-0.15, -0.1) is 0 Å². The van der Waals surface area contributed by atoms with E-state index in [4.69, 9.17) is 5.73 Å². The summed E-state index contributed by atoms with van der Waals surface area (Å²) in [6, 6.07) is 9.32. The van der Waals surface area contributed by atoms with Gasteiger partial charge in [0.15, 0.2) is 0 Å². The third-order valence-corrected chi connectivity index (χ3v) is 3.00. The molecule has 2 N–H and O–H groups in total. The first-order valence-corrected chi connectivity index (χ1v) is 6.33. The van der Waals surface area contributed by atoms with Crippen LogP contribution in [0.3, 0.4) is 0 Å². The van der Waals surface area contributed by atoms with Gasteiger partial charge in [0.25, 0.3) is 0 Å². The average molecular weight is 219 g/mol. The van der Waals surface area contributed by atoms with Gasteiger partial charge in [0, 0.05) is 6.04 Å². The van der Waals surface area contributed by atoms with Crippen LogP contribution in [0.5, 0.6) is 0 Å². The van der Waals surface area contributed by atoms with Crippen LogP contribution < -0.4 is 5.73 Å². The number of hydrogen-bond donors (Lipinski definition) is 1. The zero-order chi connectivity index (χ0) is 12.1. The molecule has 90 valence electrons. The van der Waals surface area contributed by atoms with E-state index in [1.807, 2.05) is 0 Å². The van der Waals surface area contributed by atoms with E-state index in [2.05, 4.69) is 52.0 Å². The molecule has 0 aromatic heterocycles. The molecule has 2 unspecified atom stereocenters. The van der Waals surface area contributed by atoms with Crippen LogP contribution in [0.25, 0.3) is 0 Å². The maximum Gasteiger partial charge on any atom is 0.00131 e. The van der Waals surface area contributed by atoms with Crippen molar-refractivity contribution in [3.05, 3.63) is 35.4 Å². The fraction of sp³-hybridized carbons (Fsp3) is 0.600. The Morgan fingerprint density at radius 2 is 1.56 bits per heavy atom. The molecular formula is C15H25N. The van der Waals surface area contributed by atoms with Gasteiger partial charge in [0.1, 0.15) is 0 Å². The Labute approximate surface area is 100 Å². The molecule has 0 amide bonds. The average Bonchev–Trinajstić information content (AvgIpc) is 2.16. The topological polar surface area (TPSA) is 26.0 Å². The smallest absolute Gasteiger partial charge is 0.00131 e. The van der Waals surface area contributed by atoms with Crippen LogP contribution in [0.1, 0.15) is 51.2 Å². The minimum absolute atomic E-state index is 0.310. The Morgan fingerprint density at radius 1 is 1.00 bits per heavy atom. The highest BCUT2D eigenvalue weighted by molar-refractivity contribution is 5.24. The molecule has 0 radical (unpaired) electrons. The van der Waals surface area contributed by atoms with E-state index < -0.39 is 0 Å². The third kappa shape index (κ3) is 4.36. The van der Waals surface area contributed by atoms with Gasteiger partial charge in [0.2, 0.25) is 0 Å². The second-order valence-corrected chi connectivity index (χ2v) is 5.42. The highest BCUT2D eigenvalue weighted by Crippen LogP contribution is 2.18. The van der Waals surface area contributed by atoms with Crippen LogP contribution in [0.15, 0.2) is 24.3 Å². The summed E-state index contributed by atoms with van der Waals surface area (Å²) in [4.78, 5) is 0. The molecule has 0 fully saturated rings. The molecule has 0 aliphatic carbocycles. The standard InChI is InChI=1S/C15H25N/c1-11(2)15-7-5-14(6-8-15)10-12(3)9-13(4)16/h5-8,11-13H,9-10,16H2,1-4H3. The summed E-state index contributed by atoms with van der Waals surface area (Å²) in [6.07, 6.45) is 2.24. The monoisotopic (exact) mass is 219 g/mol. The molecule has 0 saturated carbocycles. The van der Waals surface area contributed by atoms with Crippen LogP contribution in [-0.2, 0) is 6.42 Å². The molecule has 2 atom stereocenters. The molecule has 0 aliphatic heterocycles.